The number of likely N-dealkylation sites (tertiary alicyclic amines) is 1. The predicted octanol–water partition coefficient (Wildman–Crippen LogP) is 1.44. The Morgan fingerprint density at radius 1 is 1.79 bits per heavy atom. The van der Waals surface area contributed by atoms with Gasteiger partial charge in [0.05, 0.1) is 0 Å². The van der Waals surface area contributed by atoms with Crippen molar-refractivity contribution in [3.63, 3.8) is 0 Å². The van der Waals surface area contributed by atoms with E-state index in [2.05, 4.69) is 10.3 Å². The number of amides is 1. The second-order valence-corrected chi connectivity index (χ2v) is 4.47. The molecule has 0 radical (unpaired) electrons. The maximum atomic E-state index is 11.5. The van der Waals surface area contributed by atoms with E-state index >= 15 is 0 Å². The van der Waals surface area contributed by atoms with E-state index in [9.17, 15) is 4.79 Å². The molecule has 4 nitrogen and oxygen atoms in total. The van der Waals surface area contributed by atoms with Gasteiger partial charge in [-0.25, -0.2) is 4.98 Å². The summed E-state index contributed by atoms with van der Waals surface area (Å²) < 4.78 is 0. The van der Waals surface area contributed by atoms with Crippen LogP contribution in [0.1, 0.15) is 6.42 Å². The van der Waals surface area contributed by atoms with E-state index in [1.165, 1.54) is 11.3 Å². The molecule has 0 bridgehead atoms. The molecule has 1 saturated heterocycles. The Labute approximate surface area is 90.9 Å². The number of carbonyl (C=O) groups excluding carboxylic acids is 1. The van der Waals surface area contributed by atoms with Gasteiger partial charge in [-0.1, -0.05) is 11.6 Å². The lowest BCUT2D eigenvalue weighted by molar-refractivity contribution is -0.127. The summed E-state index contributed by atoms with van der Waals surface area (Å²) in [6.45, 7) is 0.801. The molecule has 1 aliphatic rings. The second-order valence-electron chi connectivity index (χ2n) is 3.22. The monoisotopic (exact) mass is 231 g/mol. The van der Waals surface area contributed by atoms with Crippen LogP contribution in [0.4, 0.5) is 5.13 Å². The lowest BCUT2D eigenvalue weighted by atomic mass is 10.2. The van der Waals surface area contributed by atoms with Gasteiger partial charge < -0.3 is 10.2 Å². The number of rotatable bonds is 2. The maximum absolute atomic E-state index is 11.5. The van der Waals surface area contributed by atoms with Crippen molar-refractivity contribution in [3.8, 4) is 0 Å². The van der Waals surface area contributed by atoms with Crippen molar-refractivity contribution in [2.75, 3.05) is 18.9 Å². The highest BCUT2D eigenvalue weighted by Crippen LogP contribution is 2.22. The highest BCUT2D eigenvalue weighted by Gasteiger charge is 2.29. The molecule has 6 heteroatoms. The number of thiazole rings is 1. The summed E-state index contributed by atoms with van der Waals surface area (Å²) in [4.78, 5) is 17.3. The molecule has 2 rings (SSSR count). The van der Waals surface area contributed by atoms with Gasteiger partial charge in [-0.15, -0.1) is 11.3 Å². The van der Waals surface area contributed by atoms with E-state index in [0.29, 0.717) is 10.3 Å². The Balaban J connectivity index is 2.02. The van der Waals surface area contributed by atoms with Crippen molar-refractivity contribution in [3.05, 3.63) is 10.5 Å². The molecule has 0 saturated carbocycles. The smallest absolute Gasteiger partial charge is 0.244 e. The highest BCUT2D eigenvalue weighted by molar-refractivity contribution is 7.14. The van der Waals surface area contributed by atoms with Crippen molar-refractivity contribution in [1.29, 1.82) is 0 Å². The van der Waals surface area contributed by atoms with Crippen LogP contribution >= 0.6 is 22.9 Å². The molecule has 1 fully saturated rings. The number of nitrogens with one attached hydrogen (secondary N) is 1. The van der Waals surface area contributed by atoms with Gasteiger partial charge in [-0.2, -0.15) is 0 Å². The molecule has 0 aromatic carbocycles. The first-order chi connectivity index (χ1) is 6.66. The summed E-state index contributed by atoms with van der Waals surface area (Å²) in [7, 11) is 1.80. The van der Waals surface area contributed by atoms with E-state index in [4.69, 9.17) is 11.6 Å². The van der Waals surface area contributed by atoms with Crippen LogP contribution < -0.4 is 5.32 Å². The normalized spacial score (nSPS) is 21.7. The molecule has 2 heterocycles. The van der Waals surface area contributed by atoms with Crippen LogP contribution in [0, 0.1) is 0 Å². The fraction of sp³-hybridized carbons (Fsp3) is 0.500. The summed E-state index contributed by atoms with van der Waals surface area (Å²) in [6.07, 6.45) is 0.826. The molecule has 76 valence electrons. The van der Waals surface area contributed by atoms with Crippen molar-refractivity contribution in [2.45, 2.75) is 12.5 Å². The Kier molecular flexibility index (Phi) is 2.60. The highest BCUT2D eigenvalue weighted by atomic mass is 35.5. The molecule has 1 atom stereocenters. The lowest BCUT2D eigenvalue weighted by Crippen LogP contribution is -2.30. The number of nitrogens with zero attached hydrogens (tertiary/aromatic N) is 2. The van der Waals surface area contributed by atoms with Gasteiger partial charge in [0.25, 0.3) is 0 Å². The van der Waals surface area contributed by atoms with Crippen LogP contribution in [0.25, 0.3) is 0 Å². The molecule has 0 aliphatic carbocycles. The third-order valence-corrected chi connectivity index (χ3v) is 3.30. The molecule has 1 amide bonds. The summed E-state index contributed by atoms with van der Waals surface area (Å²) in [5.74, 6) is 0.122. The molecule has 1 aliphatic heterocycles. The zero-order chi connectivity index (χ0) is 10.1. The average Bonchev–Trinajstić information content (AvgIpc) is 2.67. The van der Waals surface area contributed by atoms with Gasteiger partial charge >= 0.3 is 0 Å². The van der Waals surface area contributed by atoms with Crippen LogP contribution in [-0.2, 0) is 4.79 Å². The van der Waals surface area contributed by atoms with E-state index in [0.717, 1.165) is 13.0 Å². The molecule has 1 aromatic heterocycles. The van der Waals surface area contributed by atoms with Gasteiger partial charge in [-0.3, -0.25) is 4.79 Å². The average molecular weight is 232 g/mol. The fourth-order valence-corrected chi connectivity index (χ4v) is 2.32. The van der Waals surface area contributed by atoms with Crippen LogP contribution in [0.2, 0.25) is 5.15 Å². The van der Waals surface area contributed by atoms with E-state index in [1.807, 2.05) is 0 Å². The van der Waals surface area contributed by atoms with E-state index in [-0.39, 0.29) is 11.9 Å². The first-order valence-corrected chi connectivity index (χ1v) is 5.55. The van der Waals surface area contributed by atoms with Gasteiger partial charge in [-0.05, 0) is 6.42 Å². The van der Waals surface area contributed by atoms with Crippen molar-refractivity contribution in [1.82, 2.24) is 9.88 Å². The third-order valence-electron chi connectivity index (χ3n) is 2.20. The number of carbonyl (C=O) groups is 1. The molecule has 0 spiro atoms. The summed E-state index contributed by atoms with van der Waals surface area (Å²) >= 11 is 7.09. The fourth-order valence-electron chi connectivity index (χ4n) is 1.43. The minimum atomic E-state index is -0.137. The Morgan fingerprint density at radius 3 is 3.07 bits per heavy atom. The zero-order valence-electron chi connectivity index (χ0n) is 7.66. The molecular weight excluding hydrogens is 222 g/mol. The Hall–Kier alpha value is -0.810. The molecular formula is C8H10ClN3OS. The first-order valence-electron chi connectivity index (χ1n) is 4.29. The van der Waals surface area contributed by atoms with Crippen LogP contribution in [0.15, 0.2) is 5.38 Å². The minimum absolute atomic E-state index is 0.122. The molecule has 14 heavy (non-hydrogen) atoms. The van der Waals surface area contributed by atoms with Crippen LogP contribution in [-0.4, -0.2) is 35.4 Å². The number of halogens is 1. The summed E-state index contributed by atoms with van der Waals surface area (Å²) in [6, 6.07) is -0.137. The topological polar surface area (TPSA) is 45.2 Å². The lowest BCUT2D eigenvalue weighted by Gasteiger charge is -2.10. The quantitative estimate of drug-likeness (QED) is 0.838. The van der Waals surface area contributed by atoms with Crippen molar-refractivity contribution < 1.29 is 4.79 Å². The van der Waals surface area contributed by atoms with Crippen molar-refractivity contribution in [2.24, 2.45) is 0 Å². The second kappa shape index (κ2) is 3.74. The largest absolute Gasteiger partial charge is 0.350 e. The summed E-state index contributed by atoms with van der Waals surface area (Å²) in [5, 5.41) is 6.00. The van der Waals surface area contributed by atoms with Gasteiger partial charge in [0.2, 0.25) is 5.91 Å². The standard InChI is InChI=1S/C8H10ClN3OS/c1-12-3-2-5(7(12)13)10-8-11-6(9)4-14-8/h4-5H,2-3H2,1H3,(H,10,11). The van der Waals surface area contributed by atoms with Gasteiger partial charge in [0.1, 0.15) is 11.2 Å². The van der Waals surface area contributed by atoms with Crippen LogP contribution in [0.3, 0.4) is 0 Å². The Bertz CT molecular complexity index is 354. The molecule has 1 N–H and O–H groups in total. The number of likely N-dealkylation sites (N-methyl/N-ethyl adjacent to an activating group) is 1. The van der Waals surface area contributed by atoms with Gasteiger partial charge in [0, 0.05) is 19.0 Å². The van der Waals surface area contributed by atoms with Gasteiger partial charge in [0.15, 0.2) is 5.13 Å². The number of hydrogen-bond donors (Lipinski definition) is 1. The zero-order valence-corrected chi connectivity index (χ0v) is 9.23. The Morgan fingerprint density at radius 2 is 2.57 bits per heavy atom. The first kappa shape index (κ1) is 9.73. The summed E-state index contributed by atoms with van der Waals surface area (Å²) in [5.41, 5.74) is 0. The number of hydrogen-bond acceptors (Lipinski definition) is 4. The number of anilines is 1. The molecule has 1 unspecified atom stereocenters. The van der Waals surface area contributed by atoms with Crippen molar-refractivity contribution >= 4 is 34.0 Å². The van der Waals surface area contributed by atoms with E-state index in [1.54, 1.807) is 17.3 Å². The number of aromatic nitrogens is 1. The van der Waals surface area contributed by atoms with Crippen LogP contribution in [0.5, 0.6) is 0 Å². The SMILES string of the molecule is CN1CCC(Nc2nc(Cl)cs2)C1=O. The third kappa shape index (κ3) is 1.83. The minimum Gasteiger partial charge on any atom is -0.350 e. The molecule has 1 aromatic rings. The maximum Gasteiger partial charge on any atom is 0.244 e. The predicted molar refractivity (Wildman–Crippen MR) is 56.8 cm³/mol. The van der Waals surface area contributed by atoms with E-state index < -0.39 is 0 Å².